The third-order valence-corrected chi connectivity index (χ3v) is 3.60. The predicted octanol–water partition coefficient (Wildman–Crippen LogP) is 2.31. The Morgan fingerprint density at radius 3 is 2.59 bits per heavy atom. The van der Waals surface area contributed by atoms with Gasteiger partial charge < -0.3 is 10.1 Å². The lowest BCUT2D eigenvalue weighted by molar-refractivity contribution is -0.137. The monoisotopic (exact) mass is 375 g/mol. The van der Waals surface area contributed by atoms with E-state index in [1.807, 2.05) is 6.07 Å². The molecule has 1 aromatic carbocycles. The first kappa shape index (κ1) is 18.2. The average molecular weight is 375 g/mol. The zero-order valence-corrected chi connectivity index (χ0v) is 13.7. The number of carbonyl (C=O) groups is 1. The number of amides is 1. The van der Waals surface area contributed by atoms with Crippen molar-refractivity contribution in [3.05, 3.63) is 59.5 Å². The molecule has 2 heterocycles. The minimum atomic E-state index is -4.49. The van der Waals surface area contributed by atoms with E-state index in [1.54, 1.807) is 24.3 Å². The fourth-order valence-corrected chi connectivity index (χ4v) is 2.23. The summed E-state index contributed by atoms with van der Waals surface area (Å²) in [4.78, 5) is 11.9. The molecule has 0 bridgehead atoms. The Hall–Kier alpha value is -3.61. The first-order valence-corrected chi connectivity index (χ1v) is 7.67. The van der Waals surface area contributed by atoms with Crippen molar-refractivity contribution in [1.29, 1.82) is 5.26 Å². The Bertz CT molecular complexity index is 1010. The van der Waals surface area contributed by atoms with Gasteiger partial charge in [0.2, 0.25) is 0 Å². The Labute approximate surface area is 151 Å². The summed E-state index contributed by atoms with van der Waals surface area (Å²) in [5, 5.41) is 18.8. The Morgan fingerprint density at radius 2 is 1.93 bits per heavy atom. The molecule has 0 saturated carbocycles. The lowest BCUT2D eigenvalue weighted by atomic mass is 10.2. The molecule has 3 rings (SSSR count). The summed E-state index contributed by atoms with van der Waals surface area (Å²) in [5.41, 5.74) is -0.142. The molecule has 0 aliphatic rings. The number of hydrogen-bond donors (Lipinski definition) is 1. The van der Waals surface area contributed by atoms with E-state index in [4.69, 9.17) is 10.00 Å². The number of nitrogens with zero attached hydrogens (tertiary/aromatic N) is 4. The van der Waals surface area contributed by atoms with E-state index in [0.717, 1.165) is 12.3 Å². The van der Waals surface area contributed by atoms with Gasteiger partial charge in [-0.25, -0.2) is 0 Å². The second kappa shape index (κ2) is 7.33. The summed E-state index contributed by atoms with van der Waals surface area (Å²) < 4.78 is 44.9. The van der Waals surface area contributed by atoms with Gasteiger partial charge in [0.05, 0.1) is 23.7 Å². The van der Waals surface area contributed by atoms with Crippen molar-refractivity contribution in [1.82, 2.24) is 19.9 Å². The Kier molecular flexibility index (Phi) is 4.94. The fourth-order valence-electron chi connectivity index (χ4n) is 2.23. The molecule has 138 valence electrons. The number of ether oxygens (including phenoxy) is 1. The highest BCUT2D eigenvalue weighted by Crippen LogP contribution is 2.29. The zero-order valence-electron chi connectivity index (χ0n) is 13.7. The molecule has 0 aliphatic carbocycles. The lowest BCUT2D eigenvalue weighted by Crippen LogP contribution is -2.29. The number of benzene rings is 1. The van der Waals surface area contributed by atoms with Crippen LogP contribution in [0.2, 0.25) is 0 Å². The molecule has 27 heavy (non-hydrogen) atoms. The number of fused-ring (bicyclic) bond motifs is 1. The molecule has 0 spiro atoms. The van der Waals surface area contributed by atoms with Crippen LogP contribution in [0.1, 0.15) is 17.0 Å². The zero-order chi connectivity index (χ0) is 19.4. The standard InChI is InChI=1S/C17H12F3N5O2/c18-17(19,20)12-3-6-14-23-24-15(25(14)9-12)8-22-16(26)10-27-13-4-1-11(7-21)2-5-13/h1-6,9H,8,10H2,(H,22,26). The maximum Gasteiger partial charge on any atom is 0.417 e. The van der Waals surface area contributed by atoms with Crippen LogP contribution in [0, 0.1) is 11.3 Å². The maximum atomic E-state index is 12.8. The molecule has 1 N–H and O–H groups in total. The predicted molar refractivity (Wildman–Crippen MR) is 86.5 cm³/mol. The molecular weight excluding hydrogens is 363 g/mol. The van der Waals surface area contributed by atoms with E-state index in [-0.39, 0.29) is 24.6 Å². The van der Waals surface area contributed by atoms with Crippen LogP contribution in [-0.4, -0.2) is 27.1 Å². The van der Waals surface area contributed by atoms with Crippen molar-refractivity contribution >= 4 is 11.6 Å². The van der Waals surface area contributed by atoms with Crippen molar-refractivity contribution in [3.63, 3.8) is 0 Å². The van der Waals surface area contributed by atoms with Crippen LogP contribution >= 0.6 is 0 Å². The van der Waals surface area contributed by atoms with Gasteiger partial charge in [0.1, 0.15) is 5.75 Å². The molecule has 0 unspecified atom stereocenters. The Balaban J connectivity index is 1.60. The molecule has 7 nitrogen and oxygen atoms in total. The summed E-state index contributed by atoms with van der Waals surface area (Å²) in [6.07, 6.45) is -3.61. The van der Waals surface area contributed by atoms with Gasteiger partial charge >= 0.3 is 6.18 Å². The van der Waals surface area contributed by atoms with E-state index in [9.17, 15) is 18.0 Å². The largest absolute Gasteiger partial charge is 0.484 e. The van der Waals surface area contributed by atoms with Gasteiger partial charge in [-0.15, -0.1) is 10.2 Å². The second-order valence-corrected chi connectivity index (χ2v) is 5.46. The summed E-state index contributed by atoms with van der Waals surface area (Å²) >= 11 is 0. The van der Waals surface area contributed by atoms with Crippen LogP contribution in [0.3, 0.4) is 0 Å². The minimum Gasteiger partial charge on any atom is -0.484 e. The van der Waals surface area contributed by atoms with Crippen LogP contribution in [0.15, 0.2) is 42.6 Å². The third kappa shape index (κ3) is 4.33. The number of hydrogen-bond acceptors (Lipinski definition) is 5. The number of carbonyl (C=O) groups excluding carboxylic acids is 1. The molecule has 10 heteroatoms. The van der Waals surface area contributed by atoms with Crippen molar-refractivity contribution in [2.75, 3.05) is 6.61 Å². The number of halogens is 3. The topological polar surface area (TPSA) is 92.3 Å². The third-order valence-electron chi connectivity index (χ3n) is 3.60. The summed E-state index contributed by atoms with van der Waals surface area (Å²) in [7, 11) is 0. The van der Waals surface area contributed by atoms with Gasteiger partial charge in [-0.1, -0.05) is 0 Å². The SMILES string of the molecule is N#Cc1ccc(OCC(=O)NCc2nnc3ccc(C(F)(F)F)cn23)cc1. The number of alkyl halides is 3. The number of rotatable bonds is 5. The first-order valence-electron chi connectivity index (χ1n) is 7.67. The Morgan fingerprint density at radius 1 is 1.19 bits per heavy atom. The van der Waals surface area contributed by atoms with Crippen molar-refractivity contribution in [2.24, 2.45) is 0 Å². The van der Waals surface area contributed by atoms with Gasteiger partial charge in [0.15, 0.2) is 18.1 Å². The van der Waals surface area contributed by atoms with E-state index in [0.29, 0.717) is 11.3 Å². The molecule has 0 atom stereocenters. The molecule has 2 aromatic heterocycles. The fraction of sp³-hybridized carbons (Fsp3) is 0.176. The second-order valence-electron chi connectivity index (χ2n) is 5.46. The van der Waals surface area contributed by atoms with Crippen molar-refractivity contribution in [2.45, 2.75) is 12.7 Å². The number of nitriles is 1. The van der Waals surface area contributed by atoms with Crippen molar-refractivity contribution < 1.29 is 22.7 Å². The van der Waals surface area contributed by atoms with Gasteiger partial charge in [0, 0.05) is 6.20 Å². The van der Waals surface area contributed by atoms with E-state index in [1.165, 1.54) is 10.5 Å². The maximum absolute atomic E-state index is 12.8. The van der Waals surface area contributed by atoms with Crippen molar-refractivity contribution in [3.8, 4) is 11.8 Å². The smallest absolute Gasteiger partial charge is 0.417 e. The summed E-state index contributed by atoms with van der Waals surface area (Å²) in [6, 6.07) is 10.3. The van der Waals surface area contributed by atoms with E-state index < -0.39 is 17.6 Å². The summed E-state index contributed by atoms with van der Waals surface area (Å²) in [5.74, 6) is 0.0813. The number of nitrogens with one attached hydrogen (secondary N) is 1. The first-order chi connectivity index (χ1) is 12.9. The molecule has 3 aromatic rings. The van der Waals surface area contributed by atoms with E-state index in [2.05, 4.69) is 15.5 Å². The van der Waals surface area contributed by atoms with E-state index >= 15 is 0 Å². The lowest BCUT2D eigenvalue weighted by Gasteiger charge is -2.09. The number of aromatic nitrogens is 3. The molecule has 0 saturated heterocycles. The molecule has 0 fully saturated rings. The van der Waals surface area contributed by atoms with Crippen LogP contribution in [0.4, 0.5) is 13.2 Å². The van der Waals surface area contributed by atoms with Gasteiger partial charge in [-0.3, -0.25) is 9.20 Å². The molecule has 1 amide bonds. The van der Waals surface area contributed by atoms with Gasteiger partial charge in [-0.2, -0.15) is 18.4 Å². The van der Waals surface area contributed by atoms with Crippen LogP contribution < -0.4 is 10.1 Å². The molecular formula is C17H12F3N5O2. The minimum absolute atomic E-state index is 0.113. The van der Waals surface area contributed by atoms with Gasteiger partial charge in [-0.05, 0) is 36.4 Å². The normalized spacial score (nSPS) is 11.2. The highest BCUT2D eigenvalue weighted by Gasteiger charge is 2.31. The van der Waals surface area contributed by atoms with Crippen LogP contribution in [0.5, 0.6) is 5.75 Å². The van der Waals surface area contributed by atoms with Crippen LogP contribution in [0.25, 0.3) is 5.65 Å². The highest BCUT2D eigenvalue weighted by molar-refractivity contribution is 5.77. The molecule has 0 aliphatic heterocycles. The quantitative estimate of drug-likeness (QED) is 0.739. The number of pyridine rings is 1. The average Bonchev–Trinajstić information content (AvgIpc) is 3.06. The van der Waals surface area contributed by atoms with Gasteiger partial charge in [0.25, 0.3) is 5.91 Å². The highest BCUT2D eigenvalue weighted by atomic mass is 19.4. The van der Waals surface area contributed by atoms with Crippen LogP contribution in [-0.2, 0) is 17.5 Å². The molecule has 0 radical (unpaired) electrons. The summed E-state index contributed by atoms with van der Waals surface area (Å²) in [6.45, 7) is -0.408.